The highest BCUT2D eigenvalue weighted by atomic mass is 16.7. The number of aryl methyl sites for hydroxylation is 2. The van der Waals surface area contributed by atoms with Gasteiger partial charge in [0.15, 0.2) is 0 Å². The normalized spacial score (nSPS) is 11.1. The summed E-state index contributed by atoms with van der Waals surface area (Å²) in [5.41, 5.74) is 5.22. The van der Waals surface area contributed by atoms with E-state index in [4.69, 9.17) is 9.47 Å². The van der Waals surface area contributed by atoms with Gasteiger partial charge in [0.1, 0.15) is 11.5 Å². The van der Waals surface area contributed by atoms with E-state index in [1.165, 1.54) is 0 Å². The van der Waals surface area contributed by atoms with Gasteiger partial charge in [0, 0.05) is 17.3 Å². The lowest BCUT2D eigenvalue weighted by atomic mass is 9.93. The van der Waals surface area contributed by atoms with Crippen LogP contribution in [0.1, 0.15) is 12.0 Å². The maximum atomic E-state index is 12.0. The molecule has 41 heavy (non-hydrogen) atoms. The van der Waals surface area contributed by atoms with Crippen molar-refractivity contribution in [2.24, 2.45) is 0 Å². The average Bonchev–Trinajstić information content (AvgIpc) is 3.28. The summed E-state index contributed by atoms with van der Waals surface area (Å²) in [7, 11) is 0. The van der Waals surface area contributed by atoms with Crippen molar-refractivity contribution in [2.75, 3.05) is 6.61 Å². The van der Waals surface area contributed by atoms with Crippen LogP contribution in [0.15, 0.2) is 109 Å². The van der Waals surface area contributed by atoms with E-state index in [0.717, 1.165) is 44.1 Å². The summed E-state index contributed by atoms with van der Waals surface area (Å²) in [6.07, 6.45) is -0.795. The van der Waals surface area contributed by atoms with Gasteiger partial charge in [-0.15, -0.1) is 0 Å². The summed E-state index contributed by atoms with van der Waals surface area (Å²) in [6.45, 7) is 2.94. The van der Waals surface area contributed by atoms with Crippen LogP contribution in [0.3, 0.4) is 0 Å². The zero-order chi connectivity index (χ0) is 28.3. The van der Waals surface area contributed by atoms with E-state index in [0.29, 0.717) is 30.7 Å². The molecule has 0 atom stereocenters. The van der Waals surface area contributed by atoms with Gasteiger partial charge in [-0.2, -0.15) is 0 Å². The second kappa shape index (κ2) is 11.1. The zero-order valence-electron chi connectivity index (χ0n) is 22.6. The minimum atomic E-state index is -1.40. The molecule has 2 N–H and O–H groups in total. The Bertz CT molecular complexity index is 1880. The Hall–Kier alpha value is -5.23. The summed E-state index contributed by atoms with van der Waals surface area (Å²) < 4.78 is 13.6. The van der Waals surface area contributed by atoms with E-state index in [2.05, 4.69) is 31.2 Å². The molecular formula is C35H29NO5. The fourth-order valence-corrected chi connectivity index (χ4v) is 5.55. The van der Waals surface area contributed by atoms with Crippen molar-refractivity contribution in [1.29, 1.82) is 0 Å². The topological polar surface area (TPSA) is 80.9 Å². The second-order valence-corrected chi connectivity index (χ2v) is 9.94. The molecule has 0 saturated heterocycles. The fourth-order valence-electron chi connectivity index (χ4n) is 5.55. The molecular weight excluding hydrogens is 514 g/mol. The maximum absolute atomic E-state index is 12.0. The number of fused-ring (bicyclic) bond motifs is 2. The van der Waals surface area contributed by atoms with Crippen molar-refractivity contribution in [3.05, 3.63) is 115 Å². The molecule has 6 nitrogen and oxygen atoms in total. The molecule has 0 bridgehead atoms. The van der Waals surface area contributed by atoms with Crippen molar-refractivity contribution in [2.45, 2.75) is 19.9 Å². The minimum Gasteiger partial charge on any atom is -0.508 e. The third-order valence-electron chi connectivity index (χ3n) is 7.33. The number of rotatable bonds is 8. The van der Waals surface area contributed by atoms with Gasteiger partial charge >= 0.3 is 6.16 Å². The molecule has 0 unspecified atom stereocenters. The summed E-state index contributed by atoms with van der Waals surface area (Å²) >= 11 is 0. The molecule has 1 aromatic heterocycles. The highest BCUT2D eigenvalue weighted by Gasteiger charge is 2.25. The van der Waals surface area contributed by atoms with Crippen molar-refractivity contribution < 1.29 is 24.5 Å². The smallest absolute Gasteiger partial charge is 0.508 e. The lowest BCUT2D eigenvalue weighted by Crippen LogP contribution is -2.11. The zero-order valence-corrected chi connectivity index (χ0v) is 22.6. The highest BCUT2D eigenvalue weighted by Crippen LogP contribution is 2.46. The molecule has 0 saturated carbocycles. The first kappa shape index (κ1) is 26.0. The Labute approximate surface area is 237 Å². The number of phenolic OH excluding ortho intramolecular Hbond substituents is 1. The molecule has 0 aliphatic heterocycles. The number of ether oxygens (including phenoxy) is 2. The third kappa shape index (κ3) is 5.08. The van der Waals surface area contributed by atoms with Crippen LogP contribution in [0.5, 0.6) is 17.4 Å². The molecule has 5 aromatic carbocycles. The number of carboxylic acid groups (broad SMARTS) is 1. The second-order valence-electron chi connectivity index (χ2n) is 9.94. The summed E-state index contributed by atoms with van der Waals surface area (Å²) in [4.78, 5) is 12.0. The predicted octanol–water partition coefficient (Wildman–Crippen LogP) is 8.67. The van der Waals surface area contributed by atoms with Crippen molar-refractivity contribution in [3.8, 4) is 39.6 Å². The largest absolute Gasteiger partial charge is 0.512 e. The Morgan fingerprint density at radius 3 is 2.39 bits per heavy atom. The number of aromatic hydroxyl groups is 1. The Balaban J connectivity index is 1.45. The van der Waals surface area contributed by atoms with Gasteiger partial charge in [-0.1, -0.05) is 84.9 Å². The number of aromatic nitrogens is 1. The Morgan fingerprint density at radius 1 is 0.829 bits per heavy atom. The average molecular weight is 544 g/mol. The molecule has 6 heteroatoms. The van der Waals surface area contributed by atoms with E-state index in [9.17, 15) is 15.0 Å². The van der Waals surface area contributed by atoms with Gasteiger partial charge in [-0.3, -0.25) is 0 Å². The SMILES string of the molecule is Cc1ccccc1-c1cccc2c1c(-c1cccc(O)c1)c(OC(=O)O)n2CCCOc1cccc2ccccc12. The molecule has 0 amide bonds. The van der Waals surface area contributed by atoms with Crippen LogP contribution in [0.2, 0.25) is 0 Å². The summed E-state index contributed by atoms with van der Waals surface area (Å²) in [5, 5.41) is 23.1. The maximum Gasteiger partial charge on any atom is 0.512 e. The van der Waals surface area contributed by atoms with Crippen molar-refractivity contribution in [3.63, 3.8) is 0 Å². The van der Waals surface area contributed by atoms with E-state index >= 15 is 0 Å². The van der Waals surface area contributed by atoms with Gasteiger partial charge in [0.2, 0.25) is 5.88 Å². The molecule has 0 aliphatic carbocycles. The van der Waals surface area contributed by atoms with Crippen LogP contribution in [0.25, 0.3) is 43.9 Å². The summed E-state index contributed by atoms with van der Waals surface area (Å²) in [6, 6.07) is 35.0. The number of hydrogen-bond donors (Lipinski definition) is 2. The highest BCUT2D eigenvalue weighted by molar-refractivity contribution is 6.09. The lowest BCUT2D eigenvalue weighted by molar-refractivity contribution is 0.141. The van der Waals surface area contributed by atoms with E-state index in [-0.39, 0.29) is 11.6 Å². The first-order chi connectivity index (χ1) is 20.0. The van der Waals surface area contributed by atoms with Crippen molar-refractivity contribution >= 4 is 27.8 Å². The van der Waals surface area contributed by atoms with Crippen LogP contribution in [0.4, 0.5) is 4.79 Å². The van der Waals surface area contributed by atoms with Crippen LogP contribution < -0.4 is 9.47 Å². The molecule has 6 rings (SSSR count). The molecule has 6 aromatic rings. The molecule has 0 fully saturated rings. The molecule has 0 aliphatic rings. The van der Waals surface area contributed by atoms with Gasteiger partial charge in [-0.25, -0.2) is 4.79 Å². The molecule has 0 radical (unpaired) electrons. The van der Waals surface area contributed by atoms with E-state index < -0.39 is 6.16 Å². The first-order valence-electron chi connectivity index (χ1n) is 13.5. The predicted molar refractivity (Wildman–Crippen MR) is 162 cm³/mol. The minimum absolute atomic E-state index is 0.0848. The number of nitrogens with zero attached hydrogens (tertiary/aromatic N) is 1. The van der Waals surface area contributed by atoms with E-state index in [1.54, 1.807) is 18.2 Å². The van der Waals surface area contributed by atoms with Crippen LogP contribution in [-0.2, 0) is 6.54 Å². The molecule has 0 spiro atoms. The van der Waals surface area contributed by atoms with Crippen LogP contribution >= 0.6 is 0 Å². The fraction of sp³-hybridized carbons (Fsp3) is 0.114. The third-order valence-corrected chi connectivity index (χ3v) is 7.33. The van der Waals surface area contributed by atoms with Gasteiger partial charge in [0.05, 0.1) is 17.7 Å². The molecule has 1 heterocycles. The Morgan fingerprint density at radius 2 is 1.56 bits per heavy atom. The monoisotopic (exact) mass is 543 g/mol. The van der Waals surface area contributed by atoms with Gasteiger partial charge in [-0.05, 0) is 65.3 Å². The summed E-state index contributed by atoms with van der Waals surface area (Å²) in [5.74, 6) is 1.11. The standard InChI is InChI=1S/C35H29NO5/c1-23-10-2-4-15-27(23)29-17-8-18-30-33(29)32(25-13-6-14-26(37)22-25)34(41-35(38)39)36(30)20-9-21-40-31-19-7-12-24-11-3-5-16-28(24)31/h2-8,10-19,22,37H,9,20-21H2,1H3,(H,38,39). The lowest BCUT2D eigenvalue weighted by Gasteiger charge is -2.13. The number of benzene rings is 5. The Kier molecular flexibility index (Phi) is 7.04. The van der Waals surface area contributed by atoms with Crippen LogP contribution in [-0.4, -0.2) is 27.5 Å². The van der Waals surface area contributed by atoms with Crippen molar-refractivity contribution in [1.82, 2.24) is 4.57 Å². The first-order valence-corrected chi connectivity index (χ1v) is 13.5. The number of carbonyl (C=O) groups is 1. The van der Waals surface area contributed by atoms with Gasteiger partial charge in [0.25, 0.3) is 0 Å². The van der Waals surface area contributed by atoms with Crippen LogP contribution in [0, 0.1) is 6.92 Å². The van der Waals surface area contributed by atoms with E-state index in [1.807, 2.05) is 71.3 Å². The number of hydrogen-bond acceptors (Lipinski definition) is 4. The number of phenols is 1. The van der Waals surface area contributed by atoms with Gasteiger partial charge < -0.3 is 24.3 Å². The quantitative estimate of drug-likeness (QED) is 0.148. The molecule has 204 valence electrons.